The normalized spacial score (nSPS) is 19.8. The van der Waals surface area contributed by atoms with Crippen LogP contribution in [0.3, 0.4) is 0 Å². The Balaban J connectivity index is 2.85. The maximum absolute atomic E-state index is 11.2. The van der Waals surface area contributed by atoms with Gasteiger partial charge in [0.05, 0.1) is 12.0 Å². The van der Waals surface area contributed by atoms with Gasteiger partial charge in [-0.15, -0.1) is 0 Å². The van der Waals surface area contributed by atoms with E-state index in [1.54, 1.807) is 0 Å². The minimum atomic E-state index is -0.640. The predicted molar refractivity (Wildman–Crippen MR) is 45.9 cm³/mol. The van der Waals surface area contributed by atoms with Crippen LogP contribution in [0.1, 0.15) is 0 Å². The fraction of sp³-hybridized carbons (Fsp3) is 0.286. The van der Waals surface area contributed by atoms with Crippen molar-refractivity contribution in [2.75, 3.05) is 14.2 Å². The van der Waals surface area contributed by atoms with E-state index in [2.05, 4.69) is 4.74 Å². The van der Waals surface area contributed by atoms with Gasteiger partial charge in [-0.25, -0.2) is 4.79 Å². The Kier molecular flexibility index (Phi) is 2.72. The maximum atomic E-state index is 11.2. The summed E-state index contributed by atoms with van der Waals surface area (Å²) >= 11 is 0.723. The average Bonchev–Trinajstić information content (AvgIpc) is 2.34. The second-order valence-corrected chi connectivity index (χ2v) is 3.26. The van der Waals surface area contributed by atoms with Gasteiger partial charge in [-0.2, -0.15) is 0 Å². The van der Waals surface area contributed by atoms with Crippen LogP contribution in [0, 0.1) is 0 Å². The number of rotatable bonds is 1. The number of carbonyl (C=O) groups is 3. The molecule has 1 aliphatic rings. The zero-order chi connectivity index (χ0) is 10.0. The number of ether oxygens (including phenoxy) is 1. The van der Waals surface area contributed by atoms with Crippen LogP contribution in [0.5, 0.6) is 0 Å². The van der Waals surface area contributed by atoms with Crippen molar-refractivity contribution in [1.29, 1.82) is 0 Å². The first kappa shape index (κ1) is 9.79. The van der Waals surface area contributed by atoms with Gasteiger partial charge in [0.2, 0.25) is 0 Å². The standard InChI is InChI=1S/C7H7NO4S/c1-8-6(10)4(13-7(8)11)3-5(9)12-2/h3H,1-2H3/b4-3-. The minimum absolute atomic E-state index is 0.0966. The Morgan fingerprint density at radius 1 is 1.54 bits per heavy atom. The number of carbonyl (C=O) groups excluding carboxylic acids is 3. The van der Waals surface area contributed by atoms with Gasteiger partial charge in [0, 0.05) is 13.1 Å². The number of nitrogens with zero attached hydrogens (tertiary/aromatic N) is 1. The average molecular weight is 201 g/mol. The molecular weight excluding hydrogens is 194 g/mol. The molecule has 0 aromatic heterocycles. The number of methoxy groups -OCH3 is 1. The number of esters is 1. The number of imide groups is 1. The summed E-state index contributed by atoms with van der Waals surface area (Å²) in [6, 6.07) is 0. The van der Waals surface area contributed by atoms with Gasteiger partial charge >= 0.3 is 5.97 Å². The molecule has 1 aliphatic heterocycles. The van der Waals surface area contributed by atoms with Crippen LogP contribution < -0.4 is 0 Å². The molecule has 1 heterocycles. The van der Waals surface area contributed by atoms with E-state index < -0.39 is 11.9 Å². The second kappa shape index (κ2) is 3.61. The van der Waals surface area contributed by atoms with E-state index in [1.165, 1.54) is 14.2 Å². The zero-order valence-electron chi connectivity index (χ0n) is 7.07. The van der Waals surface area contributed by atoms with E-state index in [0.29, 0.717) is 0 Å². The summed E-state index contributed by atoms with van der Waals surface area (Å²) in [6.07, 6.45) is 1.01. The molecule has 0 N–H and O–H groups in total. The van der Waals surface area contributed by atoms with Gasteiger partial charge in [-0.1, -0.05) is 0 Å². The fourth-order valence-electron chi connectivity index (χ4n) is 0.712. The molecule has 0 atom stereocenters. The van der Waals surface area contributed by atoms with Crippen molar-refractivity contribution in [3.05, 3.63) is 11.0 Å². The number of amides is 2. The van der Waals surface area contributed by atoms with Crippen LogP contribution in [0.25, 0.3) is 0 Å². The summed E-state index contributed by atoms with van der Waals surface area (Å²) in [6.45, 7) is 0. The first-order valence-corrected chi connectivity index (χ1v) is 4.17. The zero-order valence-corrected chi connectivity index (χ0v) is 7.88. The molecular formula is C7H7NO4S. The molecule has 70 valence electrons. The lowest BCUT2D eigenvalue weighted by Crippen LogP contribution is -2.22. The molecule has 2 amide bonds. The van der Waals surface area contributed by atoms with Gasteiger partial charge in [0.25, 0.3) is 11.1 Å². The molecule has 0 aliphatic carbocycles. The molecule has 0 unspecified atom stereocenters. The van der Waals surface area contributed by atoms with Crippen LogP contribution in [0.15, 0.2) is 11.0 Å². The molecule has 0 spiro atoms. The molecule has 0 bridgehead atoms. The largest absolute Gasteiger partial charge is 0.466 e. The molecule has 6 heteroatoms. The summed E-state index contributed by atoms with van der Waals surface area (Å²) in [4.78, 5) is 33.9. The Hall–Kier alpha value is -1.30. The smallest absolute Gasteiger partial charge is 0.331 e. The van der Waals surface area contributed by atoms with E-state index >= 15 is 0 Å². The topological polar surface area (TPSA) is 63.7 Å². The quantitative estimate of drug-likeness (QED) is 0.453. The van der Waals surface area contributed by atoms with Gasteiger partial charge in [0.15, 0.2) is 0 Å². The summed E-state index contributed by atoms with van der Waals surface area (Å²) in [5.74, 6) is -1.11. The maximum Gasteiger partial charge on any atom is 0.331 e. The molecule has 1 saturated heterocycles. The molecule has 0 saturated carbocycles. The van der Waals surface area contributed by atoms with Crippen LogP contribution >= 0.6 is 11.8 Å². The van der Waals surface area contributed by atoms with Gasteiger partial charge in [0.1, 0.15) is 0 Å². The lowest BCUT2D eigenvalue weighted by Gasteiger charge is -2.00. The Labute approximate surface area is 78.7 Å². The van der Waals surface area contributed by atoms with E-state index in [-0.39, 0.29) is 10.1 Å². The molecule has 0 aromatic carbocycles. The van der Waals surface area contributed by atoms with Crippen molar-refractivity contribution in [3.63, 3.8) is 0 Å². The van der Waals surface area contributed by atoms with E-state index in [1.807, 2.05) is 0 Å². The van der Waals surface area contributed by atoms with Crippen molar-refractivity contribution >= 4 is 28.9 Å². The highest BCUT2D eigenvalue weighted by atomic mass is 32.2. The van der Waals surface area contributed by atoms with Crippen molar-refractivity contribution in [2.45, 2.75) is 0 Å². The van der Waals surface area contributed by atoms with Crippen LogP contribution in [-0.2, 0) is 14.3 Å². The predicted octanol–water partition coefficient (Wildman–Crippen LogP) is 0.368. The van der Waals surface area contributed by atoms with Gasteiger partial charge in [-0.05, 0) is 11.8 Å². The number of hydrogen-bond donors (Lipinski definition) is 0. The molecule has 1 rings (SSSR count). The lowest BCUT2D eigenvalue weighted by atomic mass is 10.4. The third-order valence-electron chi connectivity index (χ3n) is 1.44. The monoisotopic (exact) mass is 201 g/mol. The van der Waals surface area contributed by atoms with Gasteiger partial charge < -0.3 is 4.74 Å². The van der Waals surface area contributed by atoms with Crippen LogP contribution in [-0.4, -0.2) is 36.2 Å². The third-order valence-corrected chi connectivity index (χ3v) is 2.40. The van der Waals surface area contributed by atoms with E-state index in [4.69, 9.17) is 0 Å². The van der Waals surface area contributed by atoms with Crippen molar-refractivity contribution in [1.82, 2.24) is 4.90 Å². The number of hydrogen-bond acceptors (Lipinski definition) is 5. The highest BCUT2D eigenvalue weighted by Crippen LogP contribution is 2.28. The Morgan fingerprint density at radius 3 is 2.54 bits per heavy atom. The van der Waals surface area contributed by atoms with E-state index in [9.17, 15) is 14.4 Å². The fourth-order valence-corrected chi connectivity index (χ4v) is 1.50. The molecule has 0 aromatic rings. The number of thioether (sulfide) groups is 1. The SMILES string of the molecule is COC(=O)/C=C1\SC(=O)N(C)C1=O. The summed E-state index contributed by atoms with van der Waals surface area (Å²) < 4.78 is 4.32. The van der Waals surface area contributed by atoms with Gasteiger partial charge in [-0.3, -0.25) is 14.5 Å². The van der Waals surface area contributed by atoms with Crippen molar-refractivity contribution in [2.24, 2.45) is 0 Å². The number of likely N-dealkylation sites (N-methyl/N-ethyl adjacent to an activating group) is 1. The minimum Gasteiger partial charge on any atom is -0.466 e. The second-order valence-electron chi connectivity index (χ2n) is 2.26. The molecule has 5 nitrogen and oxygen atoms in total. The van der Waals surface area contributed by atoms with Crippen molar-refractivity contribution < 1.29 is 19.1 Å². The Bertz CT molecular complexity index is 310. The van der Waals surface area contributed by atoms with Crippen LogP contribution in [0.2, 0.25) is 0 Å². The molecule has 1 fully saturated rings. The van der Waals surface area contributed by atoms with Crippen molar-refractivity contribution in [3.8, 4) is 0 Å². The summed E-state index contributed by atoms with van der Waals surface area (Å²) in [7, 11) is 2.56. The first-order chi connectivity index (χ1) is 6.06. The highest BCUT2D eigenvalue weighted by Gasteiger charge is 2.32. The lowest BCUT2D eigenvalue weighted by molar-refractivity contribution is -0.135. The Morgan fingerprint density at radius 2 is 2.15 bits per heavy atom. The third kappa shape index (κ3) is 1.89. The summed E-state index contributed by atoms with van der Waals surface area (Å²) in [5.41, 5.74) is 0. The molecule has 0 radical (unpaired) electrons. The summed E-state index contributed by atoms with van der Waals surface area (Å²) in [5, 5.41) is -0.389. The molecule has 13 heavy (non-hydrogen) atoms. The van der Waals surface area contributed by atoms with E-state index in [0.717, 1.165) is 22.7 Å². The first-order valence-electron chi connectivity index (χ1n) is 3.35. The highest BCUT2D eigenvalue weighted by molar-refractivity contribution is 8.18. The van der Waals surface area contributed by atoms with Crippen LogP contribution in [0.4, 0.5) is 4.79 Å².